The van der Waals surface area contributed by atoms with Crippen LogP contribution in [0.1, 0.15) is 6.92 Å². The normalized spacial score (nSPS) is 30.8. The first-order chi connectivity index (χ1) is 14.5. The Morgan fingerprint density at radius 2 is 1.59 bits per heavy atom. The molecule has 1 fully saturated rings. The van der Waals surface area contributed by atoms with Gasteiger partial charge in [0.15, 0.2) is 6.29 Å². The number of nitrogens with one attached hydrogen (secondary N) is 1. The van der Waals surface area contributed by atoms with Gasteiger partial charge in [-0.25, -0.2) is 0 Å². The van der Waals surface area contributed by atoms with E-state index in [0.29, 0.717) is 0 Å². The van der Waals surface area contributed by atoms with E-state index in [2.05, 4.69) is 5.32 Å². The fourth-order valence-electron chi connectivity index (χ4n) is 2.97. The van der Waals surface area contributed by atoms with Crippen LogP contribution in [0.15, 0.2) is 0 Å². The zero-order valence-corrected chi connectivity index (χ0v) is 18.2. The van der Waals surface area contributed by atoms with Gasteiger partial charge in [0.1, 0.15) is 48.1 Å². The molecule has 1 aliphatic rings. The first-order valence-corrected chi connectivity index (χ1v) is 12.2. The second-order valence-corrected chi connectivity index (χ2v) is 10.2. The molecule has 1 aliphatic heterocycles. The van der Waals surface area contributed by atoms with Crippen molar-refractivity contribution in [1.29, 1.82) is 0 Å². The summed E-state index contributed by atoms with van der Waals surface area (Å²) in [7, 11) is -9.56. The fourth-order valence-corrected chi connectivity index (χ4v) is 4.29. The maximum Gasteiger partial charge on any atom is 0.267 e. The lowest BCUT2D eigenvalue weighted by Crippen LogP contribution is -2.63. The minimum absolute atomic E-state index is 0.779. The molecular weight excluding hydrogens is 486 g/mol. The van der Waals surface area contributed by atoms with Gasteiger partial charge in [-0.2, -0.15) is 16.8 Å². The van der Waals surface area contributed by atoms with Crippen molar-refractivity contribution >= 4 is 26.1 Å². The summed E-state index contributed by atoms with van der Waals surface area (Å²) in [5, 5.41) is 61.9. The molecule has 0 saturated carbocycles. The van der Waals surface area contributed by atoms with Crippen molar-refractivity contribution in [2.45, 2.75) is 62.0 Å². The highest BCUT2D eigenvalue weighted by Gasteiger charge is 2.48. The van der Waals surface area contributed by atoms with Gasteiger partial charge in [-0.1, -0.05) is 0 Å². The number of hydrogen-bond acceptors (Lipinski definition) is 13. The number of rotatable bonds is 11. The lowest BCUT2D eigenvalue weighted by Gasteiger charge is -2.43. The van der Waals surface area contributed by atoms with Crippen molar-refractivity contribution in [3.63, 3.8) is 0 Å². The number of ether oxygens (including phenoxy) is 2. The summed E-state index contributed by atoms with van der Waals surface area (Å²) in [4.78, 5) is 11.4. The summed E-state index contributed by atoms with van der Waals surface area (Å²) in [6.45, 7) is 0.0251. The third-order valence-corrected chi connectivity index (χ3v) is 5.94. The molecule has 9 N–H and O–H groups in total. The molecule has 0 bridgehead atoms. The van der Waals surface area contributed by atoms with E-state index >= 15 is 0 Å². The number of carbonyl (C=O) groups is 1. The van der Waals surface area contributed by atoms with E-state index in [0.717, 1.165) is 6.92 Å². The van der Waals surface area contributed by atoms with Crippen LogP contribution in [-0.2, 0) is 34.5 Å². The van der Waals surface area contributed by atoms with Crippen LogP contribution in [0.4, 0.5) is 0 Å². The third-order valence-electron chi connectivity index (χ3n) is 4.43. The van der Waals surface area contributed by atoms with E-state index in [1.54, 1.807) is 0 Å². The van der Waals surface area contributed by atoms with E-state index in [4.69, 9.17) is 18.6 Å². The molecule has 0 aromatic heterocycles. The van der Waals surface area contributed by atoms with E-state index < -0.39 is 99.3 Å². The molecule has 0 aliphatic carbocycles. The molecule has 0 aromatic rings. The van der Waals surface area contributed by atoms with Crippen LogP contribution in [-0.4, -0.2) is 136 Å². The molecule has 32 heavy (non-hydrogen) atoms. The molecule has 0 radical (unpaired) electrons. The van der Waals surface area contributed by atoms with Crippen LogP contribution >= 0.6 is 0 Å². The number of amides is 1. The van der Waals surface area contributed by atoms with Crippen molar-refractivity contribution in [3.05, 3.63) is 0 Å². The lowest BCUT2D eigenvalue weighted by molar-refractivity contribution is -0.314. The molecule has 9 atom stereocenters. The highest BCUT2D eigenvalue weighted by atomic mass is 32.2. The van der Waals surface area contributed by atoms with Gasteiger partial charge in [0, 0.05) is 6.92 Å². The third kappa shape index (κ3) is 8.72. The van der Waals surface area contributed by atoms with Crippen LogP contribution < -0.4 is 5.32 Å². The standard InChI is InChI=1S/C14H27NO15S2/c1-5(17)15-6(2-16)13(9(19)7(18)3-31(23,24)25)30-14-12(22)11(21)10(20)8(29-14)4-32(26,27)28/h6-14,16,18-22H,2-4H2,1H3,(H,15,17)(H,23,24,25)(H,26,27,28)/t6-,7+,8+,9+,10-,11-,12+,13+,14-/m0/s1. The number of carbonyl (C=O) groups excluding carboxylic acids is 1. The molecule has 18 heteroatoms. The van der Waals surface area contributed by atoms with Crippen molar-refractivity contribution < 1.29 is 70.8 Å². The van der Waals surface area contributed by atoms with E-state index in [1.807, 2.05) is 0 Å². The van der Waals surface area contributed by atoms with Crippen molar-refractivity contribution in [3.8, 4) is 0 Å². The summed E-state index contributed by atoms with van der Waals surface area (Å²) in [5.41, 5.74) is 0. The summed E-state index contributed by atoms with van der Waals surface area (Å²) < 4.78 is 72.3. The molecule has 16 nitrogen and oxygen atoms in total. The first-order valence-electron chi connectivity index (χ1n) is 8.96. The van der Waals surface area contributed by atoms with Gasteiger partial charge in [-0.05, 0) is 0 Å². The van der Waals surface area contributed by atoms with Crippen LogP contribution in [0, 0.1) is 0 Å². The van der Waals surface area contributed by atoms with E-state index in [9.17, 15) is 52.3 Å². The van der Waals surface area contributed by atoms with Crippen LogP contribution in [0.5, 0.6) is 0 Å². The lowest BCUT2D eigenvalue weighted by atomic mass is 9.98. The Hall–Kier alpha value is -1.03. The zero-order chi connectivity index (χ0) is 25.0. The number of aliphatic hydroxyl groups excluding tert-OH is 6. The molecule has 1 heterocycles. The van der Waals surface area contributed by atoms with Gasteiger partial charge in [0.05, 0.1) is 18.8 Å². The average Bonchev–Trinajstić information content (AvgIpc) is 2.62. The minimum atomic E-state index is -4.81. The Kier molecular flexibility index (Phi) is 10.3. The average molecular weight is 513 g/mol. The van der Waals surface area contributed by atoms with Crippen molar-refractivity contribution in [1.82, 2.24) is 5.32 Å². The van der Waals surface area contributed by atoms with Crippen LogP contribution in [0.2, 0.25) is 0 Å². The molecule has 0 spiro atoms. The molecule has 1 rings (SSSR count). The second-order valence-electron chi connectivity index (χ2n) is 7.16. The predicted molar refractivity (Wildman–Crippen MR) is 101 cm³/mol. The Morgan fingerprint density at radius 3 is 2.03 bits per heavy atom. The first kappa shape index (κ1) is 29.0. The Bertz CT molecular complexity index is 833. The highest BCUT2D eigenvalue weighted by Crippen LogP contribution is 2.26. The van der Waals surface area contributed by atoms with E-state index in [-0.39, 0.29) is 0 Å². The maximum absolute atomic E-state index is 11.4. The molecule has 1 saturated heterocycles. The monoisotopic (exact) mass is 513 g/mol. The fraction of sp³-hybridized carbons (Fsp3) is 0.929. The number of aliphatic hydroxyl groups is 6. The molecule has 0 unspecified atom stereocenters. The smallest absolute Gasteiger partial charge is 0.267 e. The van der Waals surface area contributed by atoms with Gasteiger partial charge in [-0.3, -0.25) is 13.9 Å². The molecular formula is C14H27NO15S2. The number of hydrogen-bond donors (Lipinski definition) is 9. The van der Waals surface area contributed by atoms with Gasteiger partial charge in [-0.15, -0.1) is 0 Å². The summed E-state index contributed by atoms with van der Waals surface area (Å²) >= 11 is 0. The summed E-state index contributed by atoms with van der Waals surface area (Å²) in [5.74, 6) is -3.42. The summed E-state index contributed by atoms with van der Waals surface area (Å²) in [6, 6.07) is -1.57. The Labute approximate surface area is 182 Å². The SMILES string of the molecule is CC(=O)N[C@@H](CO)[C@@H](O[C@@H]1O[C@H](CS(=O)(=O)O)[C@H](O)[C@H](O)[C@H]1O)[C@H](O)[C@H](O)CS(=O)(=O)O. The van der Waals surface area contributed by atoms with E-state index in [1.165, 1.54) is 0 Å². The van der Waals surface area contributed by atoms with Crippen LogP contribution in [0.3, 0.4) is 0 Å². The van der Waals surface area contributed by atoms with Crippen LogP contribution in [0.25, 0.3) is 0 Å². The molecule has 0 aromatic carbocycles. The maximum atomic E-state index is 11.4. The quantitative estimate of drug-likeness (QED) is 0.116. The Balaban J connectivity index is 3.23. The van der Waals surface area contributed by atoms with Crippen molar-refractivity contribution in [2.75, 3.05) is 18.1 Å². The topological polar surface area (TPSA) is 278 Å². The highest BCUT2D eigenvalue weighted by molar-refractivity contribution is 7.86. The van der Waals surface area contributed by atoms with Gasteiger partial charge in [0.25, 0.3) is 20.2 Å². The Morgan fingerprint density at radius 1 is 1.03 bits per heavy atom. The molecule has 1 amide bonds. The van der Waals surface area contributed by atoms with Gasteiger partial charge in [0.2, 0.25) is 5.91 Å². The largest absolute Gasteiger partial charge is 0.394 e. The predicted octanol–water partition coefficient (Wildman–Crippen LogP) is -5.83. The zero-order valence-electron chi connectivity index (χ0n) is 16.6. The van der Waals surface area contributed by atoms with Crippen molar-refractivity contribution in [2.24, 2.45) is 0 Å². The minimum Gasteiger partial charge on any atom is -0.394 e. The second kappa shape index (κ2) is 11.4. The van der Waals surface area contributed by atoms with Gasteiger partial charge >= 0.3 is 0 Å². The summed E-state index contributed by atoms with van der Waals surface area (Å²) in [6.07, 6.45) is -16.6. The molecule has 190 valence electrons. The van der Waals surface area contributed by atoms with Gasteiger partial charge < -0.3 is 45.4 Å².